The lowest BCUT2D eigenvalue weighted by Crippen LogP contribution is -2.52. The highest BCUT2D eigenvalue weighted by molar-refractivity contribution is 5.87. The Morgan fingerprint density at radius 1 is 1.33 bits per heavy atom. The van der Waals surface area contributed by atoms with E-state index in [-0.39, 0.29) is 5.91 Å². The maximum Gasteiger partial charge on any atom is 0.248 e. The van der Waals surface area contributed by atoms with Gasteiger partial charge in [0.25, 0.3) is 0 Å². The molecule has 24 heavy (non-hydrogen) atoms. The third-order valence-corrected chi connectivity index (χ3v) is 4.55. The van der Waals surface area contributed by atoms with Crippen LogP contribution >= 0.6 is 0 Å². The summed E-state index contributed by atoms with van der Waals surface area (Å²) in [6.07, 6.45) is 6.69. The fraction of sp³-hybridized carbons (Fsp3) is 0.444. The minimum Gasteiger partial charge on any atom is -0.347 e. The number of carbonyl (C=O) groups is 1. The number of carbonyl (C=O) groups excluding carboxylic acids is 1. The Labute approximate surface area is 142 Å². The Kier molecular flexibility index (Phi) is 4.57. The molecule has 2 aromatic rings. The van der Waals surface area contributed by atoms with Gasteiger partial charge in [-0.3, -0.25) is 24.6 Å². The van der Waals surface area contributed by atoms with Gasteiger partial charge in [-0.25, -0.2) is 0 Å². The van der Waals surface area contributed by atoms with Crippen LogP contribution in [0, 0.1) is 6.92 Å². The molecule has 0 aromatic carbocycles. The molecule has 1 saturated heterocycles. The second-order valence-corrected chi connectivity index (χ2v) is 6.45. The molecular formula is C18H23N5O. The van der Waals surface area contributed by atoms with Crippen LogP contribution in [0.15, 0.2) is 36.8 Å². The number of hydrogen-bond acceptors (Lipinski definition) is 5. The largest absolute Gasteiger partial charge is 0.347 e. The topological polar surface area (TPSA) is 62.2 Å². The number of rotatable bonds is 4. The number of likely N-dealkylation sites (tertiary alicyclic amines) is 1. The SMILES string of the molecule is Cc1cccc(CN2CCCC2(C(=O)N(C)C)c2cnccn2)n1. The molecule has 1 aliphatic rings. The summed E-state index contributed by atoms with van der Waals surface area (Å²) in [6.45, 7) is 3.44. The van der Waals surface area contributed by atoms with Crippen LogP contribution in [0.25, 0.3) is 0 Å². The minimum atomic E-state index is -0.761. The number of nitrogens with zero attached hydrogens (tertiary/aromatic N) is 5. The summed E-state index contributed by atoms with van der Waals surface area (Å²) >= 11 is 0. The van der Waals surface area contributed by atoms with Crippen molar-refractivity contribution >= 4 is 5.91 Å². The van der Waals surface area contributed by atoms with E-state index in [1.54, 1.807) is 37.6 Å². The van der Waals surface area contributed by atoms with Crippen LogP contribution in [0.2, 0.25) is 0 Å². The van der Waals surface area contributed by atoms with Crippen molar-refractivity contribution in [3.8, 4) is 0 Å². The van der Waals surface area contributed by atoms with E-state index in [0.717, 1.165) is 30.8 Å². The highest BCUT2D eigenvalue weighted by Gasteiger charge is 2.50. The highest BCUT2D eigenvalue weighted by Crippen LogP contribution is 2.40. The lowest BCUT2D eigenvalue weighted by atomic mass is 9.90. The van der Waals surface area contributed by atoms with Crippen molar-refractivity contribution in [3.63, 3.8) is 0 Å². The average Bonchev–Trinajstić information content (AvgIpc) is 2.99. The molecular weight excluding hydrogens is 302 g/mol. The first-order chi connectivity index (χ1) is 11.5. The van der Waals surface area contributed by atoms with Crippen LogP contribution in [0.1, 0.15) is 29.9 Å². The van der Waals surface area contributed by atoms with E-state index >= 15 is 0 Å². The van der Waals surface area contributed by atoms with Crippen LogP contribution in [-0.4, -0.2) is 51.3 Å². The van der Waals surface area contributed by atoms with Gasteiger partial charge in [0.05, 0.1) is 17.6 Å². The summed E-state index contributed by atoms with van der Waals surface area (Å²) in [5.41, 5.74) is 1.91. The van der Waals surface area contributed by atoms with Crippen molar-refractivity contribution in [3.05, 3.63) is 53.9 Å². The van der Waals surface area contributed by atoms with Gasteiger partial charge >= 0.3 is 0 Å². The van der Waals surface area contributed by atoms with Crippen LogP contribution in [0.5, 0.6) is 0 Å². The number of amides is 1. The van der Waals surface area contributed by atoms with Gasteiger partial charge in [0, 0.05) is 45.3 Å². The molecule has 0 aliphatic carbocycles. The van der Waals surface area contributed by atoms with E-state index in [0.29, 0.717) is 12.2 Å². The molecule has 0 radical (unpaired) electrons. The third kappa shape index (κ3) is 2.89. The standard InChI is InChI=1S/C18H23N5O/c1-14-6-4-7-15(21-14)13-23-11-5-8-18(23,17(24)22(2)3)16-12-19-9-10-20-16/h4,6-7,9-10,12H,5,8,11,13H2,1-3H3. The molecule has 3 rings (SSSR count). The van der Waals surface area contributed by atoms with Gasteiger partial charge in [-0.15, -0.1) is 0 Å². The van der Waals surface area contributed by atoms with Gasteiger partial charge in [0.15, 0.2) is 0 Å². The third-order valence-electron chi connectivity index (χ3n) is 4.55. The fourth-order valence-electron chi connectivity index (χ4n) is 3.50. The predicted molar refractivity (Wildman–Crippen MR) is 91.0 cm³/mol. The fourth-order valence-corrected chi connectivity index (χ4v) is 3.50. The second kappa shape index (κ2) is 6.65. The van der Waals surface area contributed by atoms with E-state index in [1.807, 2.05) is 25.1 Å². The van der Waals surface area contributed by atoms with Crippen molar-refractivity contribution in [1.82, 2.24) is 24.8 Å². The van der Waals surface area contributed by atoms with Gasteiger partial charge in [-0.1, -0.05) is 6.07 Å². The molecule has 0 bridgehead atoms. The summed E-state index contributed by atoms with van der Waals surface area (Å²) in [5.74, 6) is 0.0492. The van der Waals surface area contributed by atoms with Gasteiger partial charge in [0.1, 0.15) is 5.54 Å². The molecule has 1 fully saturated rings. The summed E-state index contributed by atoms with van der Waals surface area (Å²) in [4.78, 5) is 30.2. The van der Waals surface area contributed by atoms with E-state index in [1.165, 1.54) is 0 Å². The first-order valence-corrected chi connectivity index (χ1v) is 8.20. The van der Waals surface area contributed by atoms with Crippen LogP contribution in [0.3, 0.4) is 0 Å². The van der Waals surface area contributed by atoms with Gasteiger partial charge in [0.2, 0.25) is 5.91 Å². The van der Waals surface area contributed by atoms with Crippen LogP contribution < -0.4 is 0 Å². The van der Waals surface area contributed by atoms with Gasteiger partial charge in [-0.2, -0.15) is 0 Å². The number of aromatic nitrogens is 3. The lowest BCUT2D eigenvalue weighted by Gasteiger charge is -2.38. The molecule has 1 unspecified atom stereocenters. The summed E-state index contributed by atoms with van der Waals surface area (Å²) in [5, 5.41) is 0. The Morgan fingerprint density at radius 3 is 2.83 bits per heavy atom. The Morgan fingerprint density at radius 2 is 2.17 bits per heavy atom. The Bertz CT molecular complexity index is 718. The number of likely N-dealkylation sites (N-methyl/N-ethyl adjacent to an activating group) is 1. The second-order valence-electron chi connectivity index (χ2n) is 6.45. The molecule has 6 nitrogen and oxygen atoms in total. The number of hydrogen-bond donors (Lipinski definition) is 0. The summed E-state index contributed by atoms with van der Waals surface area (Å²) in [7, 11) is 3.59. The zero-order chi connectivity index (χ0) is 17.2. The maximum atomic E-state index is 13.1. The van der Waals surface area contributed by atoms with E-state index in [4.69, 9.17) is 0 Å². The molecule has 1 atom stereocenters. The smallest absolute Gasteiger partial charge is 0.248 e. The summed E-state index contributed by atoms with van der Waals surface area (Å²) in [6, 6.07) is 5.99. The molecule has 0 spiro atoms. The van der Waals surface area contributed by atoms with E-state index in [2.05, 4.69) is 19.9 Å². The first kappa shape index (κ1) is 16.5. The first-order valence-electron chi connectivity index (χ1n) is 8.20. The lowest BCUT2D eigenvalue weighted by molar-refractivity contribution is -0.141. The number of pyridine rings is 1. The molecule has 1 aliphatic heterocycles. The predicted octanol–water partition coefficient (Wildman–Crippen LogP) is 1.76. The molecule has 0 saturated carbocycles. The molecule has 1 amide bonds. The normalized spacial score (nSPS) is 21.0. The average molecular weight is 325 g/mol. The highest BCUT2D eigenvalue weighted by atomic mass is 16.2. The maximum absolute atomic E-state index is 13.1. The van der Waals surface area contributed by atoms with Crippen LogP contribution in [-0.2, 0) is 16.9 Å². The number of aryl methyl sites for hydroxylation is 1. The monoisotopic (exact) mass is 325 g/mol. The van der Waals surface area contributed by atoms with Crippen molar-refractivity contribution in [2.75, 3.05) is 20.6 Å². The molecule has 126 valence electrons. The Hall–Kier alpha value is -2.34. The van der Waals surface area contributed by atoms with Gasteiger partial charge < -0.3 is 4.90 Å². The van der Waals surface area contributed by atoms with Crippen molar-refractivity contribution in [2.24, 2.45) is 0 Å². The van der Waals surface area contributed by atoms with Gasteiger partial charge in [-0.05, 0) is 31.9 Å². The van der Waals surface area contributed by atoms with Crippen LogP contribution in [0.4, 0.5) is 0 Å². The van der Waals surface area contributed by atoms with E-state index in [9.17, 15) is 4.79 Å². The van der Waals surface area contributed by atoms with E-state index < -0.39 is 5.54 Å². The molecule has 6 heteroatoms. The Balaban J connectivity index is 2.02. The van der Waals surface area contributed by atoms with Crippen molar-refractivity contribution in [1.29, 1.82) is 0 Å². The minimum absolute atomic E-state index is 0.0492. The van der Waals surface area contributed by atoms with Crippen molar-refractivity contribution in [2.45, 2.75) is 31.8 Å². The quantitative estimate of drug-likeness (QED) is 0.857. The molecule has 3 heterocycles. The zero-order valence-electron chi connectivity index (χ0n) is 14.4. The zero-order valence-corrected chi connectivity index (χ0v) is 14.4. The summed E-state index contributed by atoms with van der Waals surface area (Å²) < 4.78 is 0. The molecule has 0 N–H and O–H groups in total. The molecule has 2 aromatic heterocycles. The van der Waals surface area contributed by atoms with Crippen molar-refractivity contribution < 1.29 is 4.79 Å².